The van der Waals surface area contributed by atoms with Crippen molar-refractivity contribution in [3.05, 3.63) is 0 Å². The van der Waals surface area contributed by atoms with Crippen molar-refractivity contribution in [2.45, 2.75) is 31.7 Å². The normalized spacial score (nSPS) is 16.8. The van der Waals surface area contributed by atoms with Crippen molar-refractivity contribution in [1.29, 1.82) is 0 Å². The molecular formula is C11H22N2O3. The lowest BCUT2D eigenvalue weighted by Crippen LogP contribution is -2.54. The average molecular weight is 230 g/mol. The van der Waals surface area contributed by atoms with Gasteiger partial charge in [-0.2, -0.15) is 0 Å². The Morgan fingerprint density at radius 3 is 2.31 bits per heavy atom. The maximum Gasteiger partial charge on any atom is 0.236 e. The minimum absolute atomic E-state index is 0.0530. The lowest BCUT2D eigenvalue weighted by Gasteiger charge is -2.30. The van der Waals surface area contributed by atoms with Gasteiger partial charge >= 0.3 is 0 Å². The van der Waals surface area contributed by atoms with Crippen LogP contribution in [0.15, 0.2) is 0 Å². The monoisotopic (exact) mass is 230 g/mol. The Morgan fingerprint density at radius 2 is 1.88 bits per heavy atom. The van der Waals surface area contributed by atoms with E-state index < -0.39 is 5.54 Å². The summed E-state index contributed by atoms with van der Waals surface area (Å²) < 4.78 is 0. The van der Waals surface area contributed by atoms with Gasteiger partial charge in [-0.1, -0.05) is 6.92 Å². The largest absolute Gasteiger partial charge is 0.394 e. The molecule has 0 bridgehead atoms. The summed E-state index contributed by atoms with van der Waals surface area (Å²) in [5, 5.41) is 21.4. The number of nitrogens with zero attached hydrogens (tertiary/aromatic N) is 1. The number of nitrogens with one attached hydrogen (secondary N) is 1. The highest BCUT2D eigenvalue weighted by atomic mass is 16.3. The Kier molecular flexibility index (Phi) is 5.18. The Labute approximate surface area is 96.4 Å². The number of carbonyl (C=O) groups excluding carboxylic acids is 1. The van der Waals surface area contributed by atoms with Gasteiger partial charge < -0.3 is 15.1 Å². The molecule has 16 heavy (non-hydrogen) atoms. The SMILES string of the molecule is CCC(CO)(CO)NCC(=O)N1CCCC1. The van der Waals surface area contributed by atoms with Gasteiger partial charge in [0.1, 0.15) is 0 Å². The Bertz CT molecular complexity index is 215. The molecule has 1 heterocycles. The van der Waals surface area contributed by atoms with Gasteiger partial charge in [0.25, 0.3) is 0 Å². The second kappa shape index (κ2) is 6.18. The molecule has 1 saturated heterocycles. The Morgan fingerprint density at radius 1 is 1.31 bits per heavy atom. The molecule has 0 spiro atoms. The maximum absolute atomic E-state index is 11.7. The molecule has 0 aromatic carbocycles. The molecule has 1 amide bonds. The van der Waals surface area contributed by atoms with E-state index in [1.807, 2.05) is 11.8 Å². The average Bonchev–Trinajstić information content (AvgIpc) is 2.85. The lowest BCUT2D eigenvalue weighted by atomic mass is 9.98. The molecule has 1 aliphatic rings. The van der Waals surface area contributed by atoms with E-state index >= 15 is 0 Å². The molecule has 0 atom stereocenters. The third-order valence-electron chi connectivity index (χ3n) is 3.36. The minimum atomic E-state index is -0.727. The van der Waals surface area contributed by atoms with Gasteiger partial charge in [-0.15, -0.1) is 0 Å². The number of rotatable bonds is 6. The summed E-state index contributed by atoms with van der Waals surface area (Å²) >= 11 is 0. The molecular weight excluding hydrogens is 208 g/mol. The van der Waals surface area contributed by atoms with E-state index in [2.05, 4.69) is 5.32 Å². The number of hydrogen-bond donors (Lipinski definition) is 3. The first-order valence-corrected chi connectivity index (χ1v) is 5.92. The van der Waals surface area contributed by atoms with Gasteiger partial charge in [0.05, 0.1) is 25.3 Å². The van der Waals surface area contributed by atoms with Crippen LogP contribution in [-0.4, -0.2) is 59.4 Å². The van der Waals surface area contributed by atoms with E-state index in [-0.39, 0.29) is 25.7 Å². The smallest absolute Gasteiger partial charge is 0.236 e. The zero-order valence-electron chi connectivity index (χ0n) is 9.91. The summed E-state index contributed by atoms with van der Waals surface area (Å²) in [6.07, 6.45) is 2.74. The third-order valence-corrected chi connectivity index (χ3v) is 3.36. The van der Waals surface area contributed by atoms with E-state index in [9.17, 15) is 15.0 Å². The van der Waals surface area contributed by atoms with Crippen molar-refractivity contribution >= 4 is 5.91 Å². The zero-order chi connectivity index (χ0) is 12.0. The molecule has 0 aromatic heterocycles. The molecule has 3 N–H and O–H groups in total. The van der Waals surface area contributed by atoms with Crippen LogP contribution in [0, 0.1) is 0 Å². The second-order valence-electron chi connectivity index (χ2n) is 4.39. The fraction of sp³-hybridized carbons (Fsp3) is 0.909. The van der Waals surface area contributed by atoms with Crippen molar-refractivity contribution in [2.75, 3.05) is 32.8 Å². The highest BCUT2D eigenvalue weighted by molar-refractivity contribution is 5.78. The van der Waals surface area contributed by atoms with Crippen molar-refractivity contribution in [3.8, 4) is 0 Å². The van der Waals surface area contributed by atoms with E-state index in [0.29, 0.717) is 6.42 Å². The Balaban J connectivity index is 2.39. The van der Waals surface area contributed by atoms with Gasteiger partial charge in [-0.25, -0.2) is 0 Å². The van der Waals surface area contributed by atoms with E-state index in [1.165, 1.54) is 0 Å². The maximum atomic E-state index is 11.7. The Hall–Kier alpha value is -0.650. The van der Waals surface area contributed by atoms with Crippen LogP contribution >= 0.6 is 0 Å². The number of aliphatic hydroxyl groups excluding tert-OH is 2. The van der Waals surface area contributed by atoms with Crippen LogP contribution in [0.3, 0.4) is 0 Å². The van der Waals surface area contributed by atoms with Gasteiger partial charge in [0, 0.05) is 13.1 Å². The van der Waals surface area contributed by atoms with Gasteiger partial charge in [0.2, 0.25) is 5.91 Å². The first-order chi connectivity index (χ1) is 7.67. The van der Waals surface area contributed by atoms with Crippen LogP contribution in [0.2, 0.25) is 0 Å². The molecule has 0 aliphatic carbocycles. The molecule has 5 nitrogen and oxygen atoms in total. The summed E-state index contributed by atoms with van der Waals surface area (Å²) in [4.78, 5) is 13.6. The standard InChI is InChI=1S/C11H22N2O3/c1-2-11(8-14,9-15)12-7-10(16)13-5-3-4-6-13/h12,14-15H,2-9H2,1H3. The van der Waals surface area contributed by atoms with Crippen molar-refractivity contribution in [3.63, 3.8) is 0 Å². The van der Waals surface area contributed by atoms with Crippen molar-refractivity contribution in [1.82, 2.24) is 10.2 Å². The summed E-state index contributed by atoms with van der Waals surface area (Å²) in [5.74, 6) is 0.0530. The van der Waals surface area contributed by atoms with Gasteiger partial charge in [-0.3, -0.25) is 10.1 Å². The van der Waals surface area contributed by atoms with Crippen LogP contribution in [0.4, 0.5) is 0 Å². The van der Waals surface area contributed by atoms with Crippen LogP contribution in [0.5, 0.6) is 0 Å². The molecule has 94 valence electrons. The molecule has 0 aromatic rings. The van der Waals surface area contributed by atoms with Crippen molar-refractivity contribution in [2.24, 2.45) is 0 Å². The highest BCUT2D eigenvalue weighted by Gasteiger charge is 2.28. The fourth-order valence-corrected chi connectivity index (χ4v) is 1.85. The third kappa shape index (κ3) is 3.17. The highest BCUT2D eigenvalue weighted by Crippen LogP contribution is 2.10. The lowest BCUT2D eigenvalue weighted by molar-refractivity contribution is -0.129. The molecule has 1 fully saturated rings. The number of likely N-dealkylation sites (tertiary alicyclic amines) is 1. The number of hydrogen-bond acceptors (Lipinski definition) is 4. The predicted molar refractivity (Wildman–Crippen MR) is 61.0 cm³/mol. The molecule has 0 unspecified atom stereocenters. The molecule has 0 radical (unpaired) electrons. The van der Waals surface area contributed by atoms with E-state index in [4.69, 9.17) is 0 Å². The topological polar surface area (TPSA) is 72.8 Å². The summed E-state index contributed by atoms with van der Waals surface area (Å²) in [7, 11) is 0. The molecule has 1 rings (SSSR count). The first kappa shape index (κ1) is 13.4. The zero-order valence-corrected chi connectivity index (χ0v) is 9.91. The van der Waals surface area contributed by atoms with Crippen molar-refractivity contribution < 1.29 is 15.0 Å². The predicted octanol–water partition coefficient (Wildman–Crippen LogP) is -0.668. The molecule has 0 saturated carbocycles. The quantitative estimate of drug-likeness (QED) is 0.566. The fourth-order valence-electron chi connectivity index (χ4n) is 1.85. The van der Waals surface area contributed by atoms with Crippen LogP contribution in [0.1, 0.15) is 26.2 Å². The van der Waals surface area contributed by atoms with Gasteiger partial charge in [0.15, 0.2) is 0 Å². The number of amides is 1. The van der Waals surface area contributed by atoms with Crippen LogP contribution in [-0.2, 0) is 4.79 Å². The summed E-state index contributed by atoms with van der Waals surface area (Å²) in [5.41, 5.74) is -0.727. The van der Waals surface area contributed by atoms with Crippen LogP contribution < -0.4 is 5.32 Å². The van der Waals surface area contributed by atoms with Gasteiger partial charge in [-0.05, 0) is 19.3 Å². The molecule has 5 heteroatoms. The summed E-state index contributed by atoms with van der Waals surface area (Å²) in [6, 6.07) is 0. The summed E-state index contributed by atoms with van der Waals surface area (Å²) in [6.45, 7) is 3.41. The van der Waals surface area contributed by atoms with E-state index in [0.717, 1.165) is 25.9 Å². The van der Waals surface area contributed by atoms with Crippen LogP contribution in [0.25, 0.3) is 0 Å². The molecule has 1 aliphatic heterocycles. The number of carbonyl (C=O) groups is 1. The number of aliphatic hydroxyl groups is 2. The van der Waals surface area contributed by atoms with E-state index in [1.54, 1.807) is 0 Å². The minimum Gasteiger partial charge on any atom is -0.394 e. The second-order valence-corrected chi connectivity index (χ2v) is 4.39. The first-order valence-electron chi connectivity index (χ1n) is 5.92.